The molecule has 6 heteroatoms. The Bertz CT molecular complexity index is 868. The van der Waals surface area contributed by atoms with Crippen LogP contribution in [-0.4, -0.2) is 30.5 Å². The second-order valence-corrected chi connectivity index (χ2v) is 6.30. The minimum Gasteiger partial charge on any atom is -0.391 e. The SMILES string of the molecule is CC(C)n1ncc2c(=O)n(C[C@H](O)CCc3ccccc3)cnc21. The molecule has 0 unspecified atom stereocenters. The first-order valence-corrected chi connectivity index (χ1v) is 8.21. The van der Waals surface area contributed by atoms with E-state index in [2.05, 4.69) is 10.1 Å². The van der Waals surface area contributed by atoms with Crippen molar-refractivity contribution in [3.8, 4) is 0 Å². The van der Waals surface area contributed by atoms with Gasteiger partial charge in [-0.15, -0.1) is 0 Å². The van der Waals surface area contributed by atoms with Gasteiger partial charge < -0.3 is 5.11 Å². The quantitative estimate of drug-likeness (QED) is 0.753. The molecule has 0 aliphatic carbocycles. The number of nitrogens with zero attached hydrogens (tertiary/aromatic N) is 4. The molecule has 0 saturated heterocycles. The van der Waals surface area contributed by atoms with Crippen LogP contribution < -0.4 is 5.56 Å². The number of benzene rings is 1. The van der Waals surface area contributed by atoms with Crippen LogP contribution >= 0.6 is 0 Å². The average Bonchev–Trinajstić information content (AvgIpc) is 3.01. The zero-order valence-corrected chi connectivity index (χ0v) is 14.0. The lowest BCUT2D eigenvalue weighted by atomic mass is 10.1. The predicted octanol–water partition coefficient (Wildman–Crippen LogP) is 2.17. The second kappa shape index (κ2) is 6.97. The van der Waals surface area contributed by atoms with Gasteiger partial charge in [-0.1, -0.05) is 30.3 Å². The van der Waals surface area contributed by atoms with Gasteiger partial charge in [0.25, 0.3) is 5.56 Å². The molecule has 0 spiro atoms. The van der Waals surface area contributed by atoms with E-state index in [0.29, 0.717) is 17.5 Å². The summed E-state index contributed by atoms with van der Waals surface area (Å²) < 4.78 is 3.19. The van der Waals surface area contributed by atoms with E-state index in [1.807, 2.05) is 44.2 Å². The summed E-state index contributed by atoms with van der Waals surface area (Å²) in [6, 6.07) is 10.1. The topological polar surface area (TPSA) is 72.9 Å². The Morgan fingerprint density at radius 1 is 1.21 bits per heavy atom. The molecule has 1 N–H and O–H groups in total. The standard InChI is InChI=1S/C18H22N4O2/c1-13(2)22-17-16(10-20-22)18(24)21(12-19-17)11-15(23)9-8-14-6-4-3-5-7-14/h3-7,10,12-13,15,23H,8-9,11H2,1-2H3/t15-/m1/s1. The van der Waals surface area contributed by atoms with E-state index in [4.69, 9.17) is 0 Å². The number of fused-ring (bicyclic) bond motifs is 1. The molecule has 0 aliphatic heterocycles. The number of aromatic nitrogens is 4. The van der Waals surface area contributed by atoms with Crippen molar-refractivity contribution < 1.29 is 5.11 Å². The number of aryl methyl sites for hydroxylation is 1. The number of hydrogen-bond acceptors (Lipinski definition) is 4. The molecule has 126 valence electrons. The van der Waals surface area contributed by atoms with Crippen LogP contribution in [0.25, 0.3) is 11.0 Å². The average molecular weight is 326 g/mol. The molecular formula is C18H22N4O2. The fraction of sp³-hybridized carbons (Fsp3) is 0.389. The van der Waals surface area contributed by atoms with Crippen molar-refractivity contribution in [3.63, 3.8) is 0 Å². The third-order valence-electron chi connectivity index (χ3n) is 4.09. The van der Waals surface area contributed by atoms with Crippen molar-refractivity contribution in [2.24, 2.45) is 0 Å². The van der Waals surface area contributed by atoms with Gasteiger partial charge in [-0.25, -0.2) is 9.67 Å². The van der Waals surface area contributed by atoms with Crippen molar-refractivity contribution in [1.29, 1.82) is 0 Å². The fourth-order valence-electron chi connectivity index (χ4n) is 2.77. The van der Waals surface area contributed by atoms with E-state index >= 15 is 0 Å². The maximum Gasteiger partial charge on any atom is 0.264 e. The van der Waals surface area contributed by atoms with Crippen molar-refractivity contribution in [1.82, 2.24) is 19.3 Å². The highest BCUT2D eigenvalue weighted by Crippen LogP contribution is 2.12. The van der Waals surface area contributed by atoms with Gasteiger partial charge in [0, 0.05) is 6.04 Å². The highest BCUT2D eigenvalue weighted by molar-refractivity contribution is 5.72. The predicted molar refractivity (Wildman–Crippen MR) is 92.9 cm³/mol. The Morgan fingerprint density at radius 2 is 1.96 bits per heavy atom. The van der Waals surface area contributed by atoms with Gasteiger partial charge >= 0.3 is 0 Å². The maximum absolute atomic E-state index is 12.5. The van der Waals surface area contributed by atoms with E-state index in [1.165, 1.54) is 16.5 Å². The van der Waals surface area contributed by atoms with Gasteiger partial charge in [-0.05, 0) is 32.3 Å². The summed E-state index contributed by atoms with van der Waals surface area (Å²) in [5.74, 6) is 0. The van der Waals surface area contributed by atoms with Crippen LogP contribution in [0, 0.1) is 0 Å². The lowest BCUT2D eigenvalue weighted by Gasteiger charge is -2.13. The summed E-state index contributed by atoms with van der Waals surface area (Å²) in [5.41, 5.74) is 1.60. The Morgan fingerprint density at radius 3 is 2.67 bits per heavy atom. The second-order valence-electron chi connectivity index (χ2n) is 6.30. The molecule has 1 aromatic carbocycles. The Labute approximate surface area is 140 Å². The molecule has 2 heterocycles. The third kappa shape index (κ3) is 3.38. The highest BCUT2D eigenvalue weighted by Gasteiger charge is 2.14. The van der Waals surface area contributed by atoms with Crippen molar-refractivity contribution >= 4 is 11.0 Å². The van der Waals surface area contributed by atoms with E-state index < -0.39 is 6.10 Å². The molecule has 3 aromatic rings. The Kier molecular flexibility index (Phi) is 4.76. The molecule has 0 radical (unpaired) electrons. The molecule has 0 aliphatic rings. The lowest BCUT2D eigenvalue weighted by Crippen LogP contribution is -2.27. The Hall–Kier alpha value is -2.47. The van der Waals surface area contributed by atoms with Crippen LogP contribution in [-0.2, 0) is 13.0 Å². The van der Waals surface area contributed by atoms with E-state index in [-0.39, 0.29) is 18.1 Å². The summed E-state index contributed by atoms with van der Waals surface area (Å²) in [6.07, 6.45) is 3.83. The van der Waals surface area contributed by atoms with Gasteiger partial charge in [-0.3, -0.25) is 9.36 Å². The molecule has 24 heavy (non-hydrogen) atoms. The van der Waals surface area contributed by atoms with E-state index in [9.17, 15) is 9.90 Å². The van der Waals surface area contributed by atoms with E-state index in [1.54, 1.807) is 10.9 Å². The molecule has 6 nitrogen and oxygen atoms in total. The van der Waals surface area contributed by atoms with Crippen molar-refractivity contribution in [3.05, 3.63) is 58.8 Å². The number of hydrogen-bond donors (Lipinski definition) is 1. The number of rotatable bonds is 6. The summed E-state index contributed by atoms with van der Waals surface area (Å²) in [7, 11) is 0. The van der Waals surface area contributed by atoms with Crippen molar-refractivity contribution in [2.75, 3.05) is 0 Å². The molecule has 0 bridgehead atoms. The summed E-state index contributed by atoms with van der Waals surface area (Å²) >= 11 is 0. The number of aliphatic hydroxyl groups excluding tert-OH is 1. The minimum absolute atomic E-state index is 0.140. The van der Waals surface area contributed by atoms with Crippen LogP contribution in [0.15, 0.2) is 47.7 Å². The normalized spacial score (nSPS) is 12.8. The lowest BCUT2D eigenvalue weighted by molar-refractivity contribution is 0.143. The molecule has 0 saturated carbocycles. The zero-order valence-electron chi connectivity index (χ0n) is 14.0. The van der Waals surface area contributed by atoms with Gasteiger partial charge in [0.2, 0.25) is 0 Å². The van der Waals surface area contributed by atoms with Gasteiger partial charge in [0.15, 0.2) is 5.65 Å². The van der Waals surface area contributed by atoms with Crippen LogP contribution in [0.4, 0.5) is 0 Å². The van der Waals surface area contributed by atoms with Crippen LogP contribution in [0.5, 0.6) is 0 Å². The van der Waals surface area contributed by atoms with Crippen molar-refractivity contribution in [2.45, 2.75) is 45.4 Å². The zero-order chi connectivity index (χ0) is 17.1. The first-order chi connectivity index (χ1) is 11.6. The molecule has 0 amide bonds. The molecule has 0 fully saturated rings. The molecule has 2 aromatic heterocycles. The van der Waals surface area contributed by atoms with Crippen LogP contribution in [0.3, 0.4) is 0 Å². The first kappa shape index (κ1) is 16.4. The third-order valence-corrected chi connectivity index (χ3v) is 4.09. The smallest absolute Gasteiger partial charge is 0.264 e. The van der Waals surface area contributed by atoms with Crippen LogP contribution in [0.2, 0.25) is 0 Å². The van der Waals surface area contributed by atoms with Gasteiger partial charge in [-0.2, -0.15) is 5.10 Å². The number of aliphatic hydroxyl groups is 1. The van der Waals surface area contributed by atoms with Gasteiger partial charge in [0.1, 0.15) is 11.7 Å². The van der Waals surface area contributed by atoms with Crippen LogP contribution in [0.1, 0.15) is 31.9 Å². The highest BCUT2D eigenvalue weighted by atomic mass is 16.3. The largest absolute Gasteiger partial charge is 0.391 e. The maximum atomic E-state index is 12.5. The molecular weight excluding hydrogens is 304 g/mol. The monoisotopic (exact) mass is 326 g/mol. The molecule has 1 atom stereocenters. The minimum atomic E-state index is -0.595. The first-order valence-electron chi connectivity index (χ1n) is 8.21. The summed E-state index contributed by atoms with van der Waals surface area (Å²) in [4.78, 5) is 16.9. The van der Waals surface area contributed by atoms with E-state index in [0.717, 1.165) is 6.42 Å². The summed E-state index contributed by atoms with van der Waals surface area (Å²) in [5, 5.41) is 15.0. The summed E-state index contributed by atoms with van der Waals surface area (Å²) in [6.45, 7) is 4.22. The Balaban J connectivity index is 1.73. The fourth-order valence-corrected chi connectivity index (χ4v) is 2.77. The molecule has 3 rings (SSSR count). The van der Waals surface area contributed by atoms with Gasteiger partial charge in [0.05, 0.1) is 18.8 Å².